The minimum Gasteiger partial charge on any atom is -0.507 e. The van der Waals surface area contributed by atoms with Crippen LogP contribution in [0.3, 0.4) is 0 Å². The van der Waals surface area contributed by atoms with Crippen molar-refractivity contribution in [1.82, 2.24) is 10.2 Å². The van der Waals surface area contributed by atoms with E-state index in [2.05, 4.69) is 41.4 Å². The second-order valence-corrected chi connectivity index (χ2v) is 13.6. The van der Waals surface area contributed by atoms with Crippen molar-refractivity contribution in [1.29, 1.82) is 0 Å². The average Bonchev–Trinajstić information content (AvgIpc) is 3.70. The molecule has 0 saturated carbocycles. The van der Waals surface area contributed by atoms with Gasteiger partial charge in [0.15, 0.2) is 15.8 Å². The molecule has 0 unspecified atom stereocenters. The number of nitrogens with zero attached hydrogens (tertiary/aromatic N) is 3. The zero-order valence-electron chi connectivity index (χ0n) is 26.3. The molecular formula is C37H33N3O6S2. The molecule has 11 heteroatoms. The summed E-state index contributed by atoms with van der Waals surface area (Å²) in [6.45, 7) is 3.46. The van der Waals surface area contributed by atoms with Gasteiger partial charge in [-0.2, -0.15) is 0 Å². The molecule has 48 heavy (non-hydrogen) atoms. The Bertz CT molecular complexity index is 2020. The number of ketones is 1. The van der Waals surface area contributed by atoms with Crippen LogP contribution in [0.2, 0.25) is 0 Å². The number of hydrogen-bond acceptors (Lipinski definition) is 10. The van der Waals surface area contributed by atoms with Gasteiger partial charge in [0.1, 0.15) is 24.7 Å². The first-order valence-electron chi connectivity index (χ1n) is 15.9. The zero-order chi connectivity index (χ0) is 33.0. The number of unbranched alkanes of at least 4 members (excludes halogenated alkanes) is 2. The van der Waals surface area contributed by atoms with Crippen molar-refractivity contribution >= 4 is 56.5 Å². The summed E-state index contributed by atoms with van der Waals surface area (Å²) in [5, 5.41) is 23.0. The SMILES string of the molecule is CCCCCOc1cccc([C@@H]2/C(=C(\O)c3ccc4c(c3)OCCO4)C(=O)C(=O)N2c2nnc(SCc3cccc4ccccc34)s2)c1. The lowest BCUT2D eigenvalue weighted by Gasteiger charge is -2.23. The molecular weight excluding hydrogens is 647 g/mol. The highest BCUT2D eigenvalue weighted by molar-refractivity contribution is 8.00. The number of aromatic nitrogens is 2. The number of hydrogen-bond donors (Lipinski definition) is 1. The molecule has 1 N–H and O–H groups in total. The number of amides is 1. The molecule has 4 aromatic carbocycles. The first kappa shape index (κ1) is 31.7. The van der Waals surface area contributed by atoms with Crippen LogP contribution >= 0.6 is 23.1 Å². The number of carbonyl (C=O) groups is 2. The third-order valence-corrected chi connectivity index (χ3v) is 10.4. The normalized spacial score (nSPS) is 16.9. The quantitative estimate of drug-likeness (QED) is 0.0371. The summed E-state index contributed by atoms with van der Waals surface area (Å²) in [5.74, 6) is 0.330. The van der Waals surface area contributed by atoms with Gasteiger partial charge < -0.3 is 19.3 Å². The summed E-state index contributed by atoms with van der Waals surface area (Å²) in [6.07, 6.45) is 3.03. The largest absolute Gasteiger partial charge is 0.507 e. The van der Waals surface area contributed by atoms with Crippen molar-refractivity contribution in [3.8, 4) is 17.2 Å². The van der Waals surface area contributed by atoms with E-state index < -0.39 is 17.7 Å². The van der Waals surface area contributed by atoms with E-state index in [0.29, 0.717) is 58.3 Å². The van der Waals surface area contributed by atoms with Crippen molar-refractivity contribution in [2.24, 2.45) is 0 Å². The maximum absolute atomic E-state index is 13.8. The summed E-state index contributed by atoms with van der Waals surface area (Å²) in [7, 11) is 0. The van der Waals surface area contributed by atoms with Gasteiger partial charge in [-0.1, -0.05) is 97.5 Å². The van der Waals surface area contributed by atoms with E-state index in [1.165, 1.54) is 33.4 Å². The van der Waals surface area contributed by atoms with Gasteiger partial charge in [0.05, 0.1) is 18.2 Å². The highest BCUT2D eigenvalue weighted by atomic mass is 32.2. The van der Waals surface area contributed by atoms with Crippen LogP contribution in [0.15, 0.2) is 94.8 Å². The Morgan fingerprint density at radius 2 is 1.77 bits per heavy atom. The molecule has 0 aliphatic carbocycles. The van der Waals surface area contributed by atoms with E-state index in [1.54, 1.807) is 18.2 Å². The highest BCUT2D eigenvalue weighted by Gasteiger charge is 2.48. The lowest BCUT2D eigenvalue weighted by atomic mass is 9.95. The van der Waals surface area contributed by atoms with E-state index in [-0.39, 0.29) is 16.5 Å². The summed E-state index contributed by atoms with van der Waals surface area (Å²) < 4.78 is 18.0. The lowest BCUT2D eigenvalue weighted by Crippen LogP contribution is -2.29. The minimum atomic E-state index is -0.971. The Hall–Kier alpha value is -4.87. The van der Waals surface area contributed by atoms with E-state index in [9.17, 15) is 14.7 Å². The first-order chi connectivity index (χ1) is 23.5. The van der Waals surface area contributed by atoms with Crippen LogP contribution in [-0.4, -0.2) is 46.8 Å². The van der Waals surface area contributed by atoms with Crippen LogP contribution in [0.4, 0.5) is 5.13 Å². The molecule has 1 amide bonds. The summed E-state index contributed by atoms with van der Waals surface area (Å²) in [6, 6.07) is 25.7. The van der Waals surface area contributed by atoms with Crippen molar-refractivity contribution in [2.75, 3.05) is 24.7 Å². The Labute approximate surface area is 286 Å². The molecule has 7 rings (SSSR count). The number of ether oxygens (including phenoxy) is 3. The van der Waals surface area contributed by atoms with Gasteiger partial charge >= 0.3 is 5.91 Å². The number of Topliss-reactive ketones (excluding diaryl/α,β-unsaturated/α-hetero) is 1. The standard InChI is InChI=1S/C37H33N3O6S2/c1-2-3-6-17-44-27-13-8-11-24(20-27)32-31(33(41)25-15-16-29-30(21-25)46-19-18-45-29)34(42)35(43)40(32)36-38-39-37(48-36)47-22-26-12-7-10-23-9-4-5-14-28(23)26/h4-5,7-16,20-21,32,41H,2-3,6,17-19,22H2,1H3/b33-31+/t32-/m1/s1. The molecule has 0 radical (unpaired) electrons. The second kappa shape index (κ2) is 14.1. The number of thioether (sulfide) groups is 1. The highest BCUT2D eigenvalue weighted by Crippen LogP contribution is 2.45. The molecule has 0 spiro atoms. The van der Waals surface area contributed by atoms with Crippen molar-refractivity contribution in [2.45, 2.75) is 42.3 Å². The number of anilines is 1. The number of benzene rings is 4. The van der Waals surface area contributed by atoms with Gasteiger partial charge in [0, 0.05) is 11.3 Å². The number of aliphatic hydroxyl groups excluding tert-OH is 1. The fourth-order valence-corrected chi connectivity index (χ4v) is 7.80. The number of carbonyl (C=O) groups excluding carboxylic acids is 2. The Balaban J connectivity index is 1.24. The smallest absolute Gasteiger partial charge is 0.301 e. The van der Waals surface area contributed by atoms with Crippen molar-refractivity contribution in [3.05, 3.63) is 107 Å². The van der Waals surface area contributed by atoms with Gasteiger partial charge in [0.25, 0.3) is 5.78 Å². The minimum absolute atomic E-state index is 0.0556. The number of rotatable bonds is 11. The van der Waals surface area contributed by atoms with Crippen LogP contribution in [0.25, 0.3) is 16.5 Å². The number of aliphatic hydroxyl groups is 1. The first-order valence-corrected chi connectivity index (χ1v) is 17.7. The average molecular weight is 680 g/mol. The summed E-state index contributed by atoms with van der Waals surface area (Å²) in [5.41, 5.74) is 2.03. The summed E-state index contributed by atoms with van der Waals surface area (Å²) >= 11 is 2.75. The molecule has 0 bridgehead atoms. The predicted octanol–water partition coefficient (Wildman–Crippen LogP) is 7.95. The zero-order valence-corrected chi connectivity index (χ0v) is 27.9. The molecule has 1 saturated heterocycles. The number of fused-ring (bicyclic) bond motifs is 2. The second-order valence-electron chi connectivity index (χ2n) is 11.4. The third-order valence-electron chi connectivity index (χ3n) is 8.28. The van der Waals surface area contributed by atoms with Gasteiger partial charge in [-0.25, -0.2) is 0 Å². The van der Waals surface area contributed by atoms with Gasteiger partial charge in [0.2, 0.25) is 5.13 Å². The lowest BCUT2D eigenvalue weighted by molar-refractivity contribution is -0.132. The van der Waals surface area contributed by atoms with Gasteiger partial charge in [-0.15, -0.1) is 10.2 Å². The maximum atomic E-state index is 13.8. The molecule has 3 heterocycles. The summed E-state index contributed by atoms with van der Waals surface area (Å²) in [4.78, 5) is 29.0. The molecule has 5 aromatic rings. The molecule has 1 atom stereocenters. The third kappa shape index (κ3) is 6.35. The fourth-order valence-electron chi connectivity index (χ4n) is 5.92. The maximum Gasteiger partial charge on any atom is 0.301 e. The topological polar surface area (TPSA) is 111 Å². The molecule has 9 nitrogen and oxygen atoms in total. The van der Waals surface area contributed by atoms with E-state index in [1.807, 2.05) is 42.5 Å². The van der Waals surface area contributed by atoms with Crippen LogP contribution in [-0.2, 0) is 15.3 Å². The Kier molecular flexibility index (Phi) is 9.31. The molecule has 2 aliphatic heterocycles. The molecule has 2 aliphatic rings. The van der Waals surface area contributed by atoms with E-state index >= 15 is 0 Å². The fraction of sp³-hybridized carbons (Fsp3) is 0.243. The molecule has 244 valence electrons. The van der Waals surface area contributed by atoms with E-state index in [0.717, 1.165) is 30.2 Å². The van der Waals surface area contributed by atoms with Crippen LogP contribution in [0.5, 0.6) is 17.2 Å². The van der Waals surface area contributed by atoms with E-state index in [4.69, 9.17) is 14.2 Å². The van der Waals surface area contributed by atoms with Gasteiger partial charge in [-0.05, 0) is 58.7 Å². The van der Waals surface area contributed by atoms with Gasteiger partial charge in [-0.3, -0.25) is 14.5 Å². The van der Waals surface area contributed by atoms with Crippen LogP contribution in [0, 0.1) is 0 Å². The van der Waals surface area contributed by atoms with Crippen molar-refractivity contribution in [3.63, 3.8) is 0 Å². The monoisotopic (exact) mass is 679 g/mol. The Morgan fingerprint density at radius 3 is 2.65 bits per heavy atom. The van der Waals surface area contributed by atoms with Crippen molar-refractivity contribution < 1.29 is 28.9 Å². The molecule has 1 aromatic heterocycles. The Morgan fingerprint density at radius 1 is 0.958 bits per heavy atom. The predicted molar refractivity (Wildman–Crippen MR) is 187 cm³/mol. The van der Waals surface area contributed by atoms with Crippen LogP contribution in [0.1, 0.15) is 48.9 Å². The molecule has 1 fully saturated rings. The van der Waals surface area contributed by atoms with Crippen LogP contribution < -0.4 is 19.1 Å².